The van der Waals surface area contributed by atoms with E-state index in [9.17, 15) is 18.0 Å². The van der Waals surface area contributed by atoms with Gasteiger partial charge in [0, 0.05) is 18.2 Å². The van der Waals surface area contributed by atoms with Crippen LogP contribution in [0.15, 0.2) is 24.3 Å². The zero-order chi connectivity index (χ0) is 15.6. The van der Waals surface area contributed by atoms with Crippen LogP contribution in [0.2, 0.25) is 0 Å². The van der Waals surface area contributed by atoms with Crippen molar-refractivity contribution in [1.82, 2.24) is 4.90 Å². The molecule has 1 fully saturated rings. The van der Waals surface area contributed by atoms with Crippen LogP contribution in [0.5, 0.6) is 5.75 Å². The van der Waals surface area contributed by atoms with E-state index in [1.807, 2.05) is 18.7 Å². The Labute approximate surface area is 121 Å². The van der Waals surface area contributed by atoms with Gasteiger partial charge < -0.3 is 9.64 Å². The average molecular weight is 301 g/mol. The molecule has 1 amide bonds. The Balaban J connectivity index is 2.08. The highest BCUT2D eigenvalue weighted by atomic mass is 19.4. The minimum atomic E-state index is -4.72. The van der Waals surface area contributed by atoms with Gasteiger partial charge in [-0.3, -0.25) is 4.79 Å². The number of hydrogen-bond acceptors (Lipinski definition) is 2. The summed E-state index contributed by atoms with van der Waals surface area (Å²) in [5.41, 5.74) is 0.386. The number of carbonyl (C=O) groups is 1. The molecule has 0 atom stereocenters. The largest absolute Gasteiger partial charge is 0.573 e. The number of ether oxygens (including phenoxy) is 1. The summed E-state index contributed by atoms with van der Waals surface area (Å²) in [5.74, 6) is -0.104. The highest BCUT2D eigenvalue weighted by Gasteiger charge is 2.34. The SMILES string of the molecule is CC(C)CN(C(=O)c1ccc(OC(F)(F)F)cc1)C1CC1. The highest BCUT2D eigenvalue weighted by Crippen LogP contribution is 2.29. The van der Waals surface area contributed by atoms with Gasteiger partial charge in [-0.1, -0.05) is 13.8 Å². The lowest BCUT2D eigenvalue weighted by Gasteiger charge is -2.24. The molecule has 1 aliphatic carbocycles. The maximum absolute atomic E-state index is 12.4. The number of hydrogen-bond donors (Lipinski definition) is 0. The van der Waals surface area contributed by atoms with Crippen LogP contribution in [0.3, 0.4) is 0 Å². The molecular formula is C15H18F3NO2. The van der Waals surface area contributed by atoms with Crippen LogP contribution >= 0.6 is 0 Å². The first-order valence-corrected chi connectivity index (χ1v) is 6.93. The van der Waals surface area contributed by atoms with E-state index >= 15 is 0 Å². The molecule has 1 aliphatic rings. The minimum Gasteiger partial charge on any atom is -0.406 e. The molecule has 0 aliphatic heterocycles. The van der Waals surface area contributed by atoms with Gasteiger partial charge in [-0.25, -0.2) is 0 Å². The Hall–Kier alpha value is -1.72. The summed E-state index contributed by atoms with van der Waals surface area (Å²) in [7, 11) is 0. The molecule has 0 heterocycles. The normalized spacial score (nSPS) is 15.1. The molecule has 0 radical (unpaired) electrons. The first-order chi connectivity index (χ1) is 9.76. The second-order valence-electron chi connectivity index (χ2n) is 5.65. The first kappa shape index (κ1) is 15.7. The summed E-state index contributed by atoms with van der Waals surface area (Å²) in [5, 5.41) is 0. The first-order valence-electron chi connectivity index (χ1n) is 6.93. The van der Waals surface area contributed by atoms with E-state index in [0.717, 1.165) is 12.8 Å². The van der Waals surface area contributed by atoms with Gasteiger partial charge >= 0.3 is 6.36 Å². The summed E-state index contributed by atoms with van der Waals surface area (Å²) < 4.78 is 40.1. The van der Waals surface area contributed by atoms with Crippen LogP contribution in [-0.2, 0) is 0 Å². The van der Waals surface area contributed by atoms with E-state index in [1.165, 1.54) is 24.3 Å². The van der Waals surface area contributed by atoms with E-state index in [-0.39, 0.29) is 17.7 Å². The van der Waals surface area contributed by atoms with E-state index in [0.29, 0.717) is 18.0 Å². The lowest BCUT2D eigenvalue weighted by molar-refractivity contribution is -0.274. The molecule has 21 heavy (non-hydrogen) atoms. The molecule has 0 N–H and O–H groups in total. The molecule has 3 nitrogen and oxygen atoms in total. The predicted molar refractivity (Wildman–Crippen MR) is 72.0 cm³/mol. The van der Waals surface area contributed by atoms with E-state index < -0.39 is 6.36 Å². The quantitative estimate of drug-likeness (QED) is 0.827. The van der Waals surface area contributed by atoms with Gasteiger partial charge in [0.2, 0.25) is 0 Å². The third-order valence-electron chi connectivity index (χ3n) is 3.15. The molecule has 1 saturated carbocycles. The molecule has 0 bridgehead atoms. The van der Waals surface area contributed by atoms with Gasteiger partial charge in [-0.15, -0.1) is 13.2 Å². The topological polar surface area (TPSA) is 29.5 Å². The number of halogens is 3. The number of amides is 1. The van der Waals surface area contributed by atoms with Crippen molar-refractivity contribution < 1.29 is 22.7 Å². The van der Waals surface area contributed by atoms with Gasteiger partial charge in [0.25, 0.3) is 5.91 Å². The fourth-order valence-corrected chi connectivity index (χ4v) is 2.14. The fraction of sp³-hybridized carbons (Fsp3) is 0.533. The number of rotatable bonds is 5. The van der Waals surface area contributed by atoms with Crippen molar-refractivity contribution in [2.75, 3.05) is 6.54 Å². The maximum atomic E-state index is 12.4. The molecule has 2 rings (SSSR count). The summed E-state index contributed by atoms with van der Waals surface area (Å²) >= 11 is 0. The summed E-state index contributed by atoms with van der Waals surface area (Å²) in [6.45, 7) is 4.72. The molecule has 116 valence electrons. The molecule has 1 aromatic carbocycles. The number of nitrogens with zero attached hydrogens (tertiary/aromatic N) is 1. The highest BCUT2D eigenvalue weighted by molar-refractivity contribution is 5.94. The molecule has 0 unspecified atom stereocenters. The third-order valence-corrected chi connectivity index (χ3v) is 3.15. The Morgan fingerprint density at radius 3 is 2.29 bits per heavy atom. The van der Waals surface area contributed by atoms with Gasteiger partial charge in [-0.05, 0) is 43.0 Å². The average Bonchev–Trinajstić information content (AvgIpc) is 3.18. The Kier molecular flexibility index (Phi) is 4.44. The van der Waals surface area contributed by atoms with Crippen molar-refractivity contribution in [2.45, 2.75) is 39.1 Å². The Morgan fingerprint density at radius 2 is 1.86 bits per heavy atom. The van der Waals surface area contributed by atoms with E-state index in [4.69, 9.17) is 0 Å². The van der Waals surface area contributed by atoms with Gasteiger partial charge in [0.15, 0.2) is 0 Å². The smallest absolute Gasteiger partial charge is 0.406 e. The second kappa shape index (κ2) is 5.95. The van der Waals surface area contributed by atoms with Crippen LogP contribution in [0.4, 0.5) is 13.2 Å². The van der Waals surface area contributed by atoms with Gasteiger partial charge in [0.05, 0.1) is 0 Å². The van der Waals surface area contributed by atoms with Crippen molar-refractivity contribution in [3.8, 4) is 5.75 Å². The molecular weight excluding hydrogens is 283 g/mol. The van der Waals surface area contributed by atoms with Crippen molar-refractivity contribution in [1.29, 1.82) is 0 Å². The van der Waals surface area contributed by atoms with Crippen LogP contribution < -0.4 is 4.74 Å². The number of benzene rings is 1. The van der Waals surface area contributed by atoms with Crippen molar-refractivity contribution in [2.24, 2.45) is 5.92 Å². The maximum Gasteiger partial charge on any atom is 0.573 e. The lowest BCUT2D eigenvalue weighted by atomic mass is 10.1. The Bertz CT molecular complexity index is 493. The Morgan fingerprint density at radius 1 is 1.29 bits per heavy atom. The number of carbonyl (C=O) groups excluding carboxylic acids is 1. The summed E-state index contributed by atoms with van der Waals surface area (Å²) in [4.78, 5) is 14.2. The van der Waals surface area contributed by atoms with Crippen molar-refractivity contribution in [3.05, 3.63) is 29.8 Å². The molecule has 1 aromatic rings. The fourth-order valence-electron chi connectivity index (χ4n) is 2.14. The van der Waals surface area contributed by atoms with Crippen LogP contribution in [-0.4, -0.2) is 29.8 Å². The number of alkyl halides is 3. The predicted octanol–water partition coefficient (Wildman–Crippen LogP) is 3.85. The van der Waals surface area contributed by atoms with Crippen LogP contribution in [0, 0.1) is 5.92 Å². The summed E-state index contributed by atoms with van der Waals surface area (Å²) in [6.07, 6.45) is -2.73. The van der Waals surface area contributed by atoms with Crippen LogP contribution in [0.1, 0.15) is 37.0 Å². The van der Waals surface area contributed by atoms with Crippen molar-refractivity contribution >= 4 is 5.91 Å². The standard InChI is InChI=1S/C15H18F3NO2/c1-10(2)9-19(12-5-6-12)14(20)11-3-7-13(8-4-11)21-15(16,17)18/h3-4,7-8,10,12H,5-6,9H2,1-2H3. The van der Waals surface area contributed by atoms with E-state index in [2.05, 4.69) is 4.74 Å². The minimum absolute atomic E-state index is 0.134. The monoisotopic (exact) mass is 301 g/mol. The summed E-state index contributed by atoms with van der Waals surface area (Å²) in [6, 6.07) is 5.35. The molecule has 0 saturated heterocycles. The van der Waals surface area contributed by atoms with E-state index in [1.54, 1.807) is 0 Å². The second-order valence-corrected chi connectivity index (χ2v) is 5.65. The van der Waals surface area contributed by atoms with Gasteiger partial charge in [0.1, 0.15) is 5.75 Å². The zero-order valence-electron chi connectivity index (χ0n) is 12.0. The molecule has 0 spiro atoms. The van der Waals surface area contributed by atoms with Crippen LogP contribution in [0.25, 0.3) is 0 Å². The zero-order valence-corrected chi connectivity index (χ0v) is 12.0. The molecule has 0 aromatic heterocycles. The lowest BCUT2D eigenvalue weighted by Crippen LogP contribution is -2.36. The molecule has 6 heteroatoms. The van der Waals surface area contributed by atoms with Crippen molar-refractivity contribution in [3.63, 3.8) is 0 Å². The third kappa shape index (κ3) is 4.65. The van der Waals surface area contributed by atoms with Gasteiger partial charge in [-0.2, -0.15) is 0 Å².